The number of rotatable bonds is 0. The van der Waals surface area contributed by atoms with Crippen LogP contribution < -0.4 is 17.2 Å². The number of nitrogens with zero attached hydrogens (tertiary/aromatic N) is 1. The van der Waals surface area contributed by atoms with Crippen LogP contribution in [0.5, 0.6) is 0 Å². The van der Waals surface area contributed by atoms with Gasteiger partial charge in [0.15, 0.2) is 5.96 Å². The van der Waals surface area contributed by atoms with E-state index < -0.39 is 24.3 Å². The van der Waals surface area contributed by atoms with Gasteiger partial charge < -0.3 is 31.9 Å². The second kappa shape index (κ2) is 8.82. The predicted octanol–water partition coefficient (Wildman–Crippen LogP) is -3.24. The average molecular weight is 298 g/mol. The zero-order valence-corrected chi connectivity index (χ0v) is 9.61. The quantitative estimate of drug-likeness (QED) is 0.0952. The Bertz CT molecular complexity index is 375. The van der Waals surface area contributed by atoms with E-state index in [4.69, 9.17) is 48.2 Å². The van der Waals surface area contributed by atoms with E-state index in [2.05, 4.69) is 10.7 Å². The van der Waals surface area contributed by atoms with Gasteiger partial charge in [0.2, 0.25) is 0 Å². The zero-order chi connectivity index (χ0) is 14.9. The van der Waals surface area contributed by atoms with E-state index in [0.29, 0.717) is 0 Å². The molecule has 104 valence electrons. The first-order valence-corrected chi connectivity index (χ1v) is 5.96. The molecule has 0 saturated carbocycles. The summed E-state index contributed by atoms with van der Waals surface area (Å²) < 4.78 is 40.5. The van der Waals surface area contributed by atoms with E-state index in [1.54, 1.807) is 0 Å². The number of carbonyl (C=O) groups is 1. The van der Waals surface area contributed by atoms with E-state index in [-0.39, 0.29) is 5.96 Å². The molecule has 2 amide bonds. The number of guanidine groups is 1. The summed E-state index contributed by atoms with van der Waals surface area (Å²) in [5, 5.41) is 0. The second-order valence-corrected chi connectivity index (χ2v) is 3.76. The summed E-state index contributed by atoms with van der Waals surface area (Å²) in [5.74, 6) is -0.312. The molecule has 0 aliphatic heterocycles. The van der Waals surface area contributed by atoms with Gasteiger partial charge >= 0.3 is 24.3 Å². The molecule has 0 saturated heterocycles. The van der Waals surface area contributed by atoms with Crippen molar-refractivity contribution in [3.05, 3.63) is 0 Å². The largest absolute Gasteiger partial charge is 0.466 e. The molecule has 0 aliphatic carbocycles. The van der Waals surface area contributed by atoms with Gasteiger partial charge in [-0.3, -0.25) is 9.11 Å². The lowest BCUT2D eigenvalue weighted by Gasteiger charge is -1.82. The summed E-state index contributed by atoms with van der Waals surface area (Å²) in [4.78, 5) is 34.1. The van der Waals surface area contributed by atoms with Crippen LogP contribution in [0.25, 0.3) is 0 Å². The van der Waals surface area contributed by atoms with Gasteiger partial charge in [-0.15, -0.1) is 0 Å². The first-order chi connectivity index (χ1) is 7.13. The number of nitrogens with two attached hydrogens (primary N) is 3. The van der Waals surface area contributed by atoms with Crippen LogP contribution in [0.3, 0.4) is 0 Å². The summed E-state index contributed by atoms with van der Waals surface area (Å²) >= 11 is 0. The van der Waals surface area contributed by atoms with Crippen LogP contribution in [0.15, 0.2) is 4.99 Å². The first kappa shape index (κ1) is 21.1. The van der Waals surface area contributed by atoms with Crippen molar-refractivity contribution in [2.45, 2.75) is 0 Å². The number of amides is 2. The molecule has 15 heteroatoms. The van der Waals surface area contributed by atoms with Crippen LogP contribution in [-0.4, -0.2) is 44.2 Å². The second-order valence-electron chi connectivity index (χ2n) is 1.84. The molecule has 0 unspecified atom stereocenters. The van der Waals surface area contributed by atoms with Gasteiger partial charge in [0, 0.05) is 0 Å². The molecule has 13 nitrogen and oxygen atoms in total. The van der Waals surface area contributed by atoms with Crippen LogP contribution in [-0.2, 0) is 15.0 Å². The van der Waals surface area contributed by atoms with E-state index in [9.17, 15) is 4.79 Å². The van der Waals surface area contributed by atoms with Gasteiger partial charge in [0.1, 0.15) is 0 Å². The van der Waals surface area contributed by atoms with Crippen molar-refractivity contribution in [3.8, 4) is 0 Å². The van der Waals surface area contributed by atoms with Gasteiger partial charge in [0.25, 0.3) is 0 Å². The van der Waals surface area contributed by atoms with Gasteiger partial charge in [-0.05, 0) is 0 Å². The van der Waals surface area contributed by atoms with Crippen molar-refractivity contribution in [2.75, 3.05) is 0 Å². The van der Waals surface area contributed by atoms with E-state index in [0.717, 1.165) is 0 Å². The maximum absolute atomic E-state index is 9.68. The number of hydrogen-bond acceptors (Lipinski definition) is 4. The Hall–Kier alpha value is -1.28. The summed E-state index contributed by atoms with van der Waals surface area (Å²) in [6.07, 6.45) is 0. The van der Waals surface area contributed by atoms with Crippen LogP contribution in [0.2, 0.25) is 0 Å². The summed E-state index contributed by atoms with van der Waals surface area (Å²) in [7, 11) is -9.31. The lowest BCUT2D eigenvalue weighted by atomic mass is 11.0. The Kier molecular flexibility index (Phi) is 10.9. The highest BCUT2D eigenvalue weighted by atomic mass is 32.3. The molecule has 0 aromatic rings. The monoisotopic (exact) mass is 298 g/mol. The van der Waals surface area contributed by atoms with Crippen LogP contribution in [0.4, 0.5) is 4.79 Å². The van der Waals surface area contributed by atoms with E-state index in [1.807, 2.05) is 0 Å². The minimum Gasteiger partial charge on any atom is -0.370 e. The maximum Gasteiger partial charge on any atom is 0.466 e. The first-order valence-electron chi connectivity index (χ1n) is 3.00. The highest BCUT2D eigenvalue weighted by molar-refractivity contribution is 7.79. The number of hydrogen-bond donors (Lipinski definition) is 8. The molecular formula is C2H11N4O9PS. The Balaban J connectivity index is -0.000000177. The van der Waals surface area contributed by atoms with Crippen LogP contribution in [0.1, 0.15) is 0 Å². The lowest BCUT2D eigenvalue weighted by Crippen LogP contribution is -2.25. The Labute approximate surface area is 94.8 Å². The Morgan fingerprint density at radius 2 is 1.24 bits per heavy atom. The van der Waals surface area contributed by atoms with E-state index in [1.165, 1.54) is 0 Å². The molecule has 0 aliphatic rings. The molecule has 0 spiro atoms. The van der Waals surface area contributed by atoms with Crippen LogP contribution in [0, 0.1) is 0 Å². The third kappa shape index (κ3) is 322. The van der Waals surface area contributed by atoms with Crippen molar-refractivity contribution in [1.82, 2.24) is 0 Å². The normalized spacial score (nSPS) is 9.94. The molecule has 0 fully saturated rings. The maximum atomic E-state index is 9.68. The number of aliphatic imine (C=N–C) groups is 1. The predicted molar refractivity (Wildman–Crippen MR) is 53.8 cm³/mol. The molecule has 0 aromatic carbocycles. The Morgan fingerprint density at radius 3 is 1.24 bits per heavy atom. The van der Waals surface area contributed by atoms with Crippen molar-refractivity contribution in [1.29, 1.82) is 0 Å². The third-order valence-electron chi connectivity index (χ3n) is 0.239. The summed E-state index contributed by atoms with van der Waals surface area (Å²) in [5.41, 5.74) is 13.9. The lowest BCUT2D eigenvalue weighted by molar-refractivity contribution is 0.256. The molecule has 0 bridgehead atoms. The molecule has 11 N–H and O–H groups in total. The summed E-state index contributed by atoms with van der Waals surface area (Å²) in [6.45, 7) is 0. The average Bonchev–Trinajstić information content (AvgIpc) is 1.71. The fourth-order valence-electron chi connectivity index (χ4n) is 0.127. The van der Waals surface area contributed by atoms with Crippen molar-refractivity contribution < 1.29 is 41.6 Å². The smallest absolute Gasteiger partial charge is 0.370 e. The zero-order valence-electron chi connectivity index (χ0n) is 7.90. The molecule has 0 aromatic heterocycles. The van der Waals surface area contributed by atoms with Crippen LogP contribution >= 0.6 is 7.82 Å². The van der Waals surface area contributed by atoms with Crippen molar-refractivity contribution >= 4 is 30.2 Å². The van der Waals surface area contributed by atoms with Gasteiger partial charge in [-0.25, -0.2) is 9.36 Å². The molecule has 17 heavy (non-hydrogen) atoms. The molecule has 0 rings (SSSR count). The minimum atomic E-state index is -4.67. The molecule has 0 radical (unpaired) electrons. The van der Waals surface area contributed by atoms with Gasteiger partial charge in [-0.2, -0.15) is 13.4 Å². The number of phosphoric acid groups is 1. The van der Waals surface area contributed by atoms with Gasteiger partial charge in [0.05, 0.1) is 0 Å². The highest BCUT2D eigenvalue weighted by Crippen LogP contribution is 2.25. The minimum absolute atomic E-state index is 0.312. The number of carbonyl (C=O) groups excluding carboxylic acids is 1. The topological polar surface area (TPSA) is 260 Å². The fraction of sp³-hybridized carbons (Fsp3) is 0. The third-order valence-corrected chi connectivity index (χ3v) is 0.239. The van der Waals surface area contributed by atoms with Gasteiger partial charge in [-0.1, -0.05) is 0 Å². The number of urea groups is 1. The molecule has 0 heterocycles. The Morgan fingerprint density at radius 1 is 1.06 bits per heavy atom. The standard InChI is InChI=1S/C2H6N4O.H3O4P.H2O4S/c3-1(4)6-2(5)7;2*1-5(2,3)4/h(H6,3,4,5,6,7);(H3,1,2,3,4);(H2,1,2,3,4). The van der Waals surface area contributed by atoms with Crippen molar-refractivity contribution in [2.24, 2.45) is 22.2 Å². The number of primary amides is 1. The summed E-state index contributed by atoms with van der Waals surface area (Å²) in [6, 6.07) is -0.875. The van der Waals surface area contributed by atoms with E-state index >= 15 is 0 Å². The SMILES string of the molecule is NC(=O)N=C(N)N.O=P(O)(O)O.O=S(=O)(O)O. The fourth-order valence-corrected chi connectivity index (χ4v) is 0.127. The molecular weight excluding hydrogens is 287 g/mol. The van der Waals surface area contributed by atoms with Crippen molar-refractivity contribution in [3.63, 3.8) is 0 Å². The highest BCUT2D eigenvalue weighted by Gasteiger charge is 2.00. The molecule has 0 atom stereocenters.